The van der Waals surface area contributed by atoms with Gasteiger partial charge in [-0.05, 0) is 18.2 Å². The lowest BCUT2D eigenvalue weighted by atomic mass is 10.3. The lowest BCUT2D eigenvalue weighted by Crippen LogP contribution is -2.19. The highest BCUT2D eigenvalue weighted by Gasteiger charge is 2.13. The van der Waals surface area contributed by atoms with Gasteiger partial charge in [0.1, 0.15) is 12.9 Å². The van der Waals surface area contributed by atoms with Gasteiger partial charge in [-0.1, -0.05) is 11.6 Å². The fourth-order valence-corrected chi connectivity index (χ4v) is 1.70. The Bertz CT molecular complexity index is 685. The third-order valence-corrected chi connectivity index (χ3v) is 2.80. The number of hydrogen-bond acceptors (Lipinski definition) is 6. The zero-order valence-corrected chi connectivity index (χ0v) is 11.8. The van der Waals surface area contributed by atoms with Gasteiger partial charge in [0, 0.05) is 5.69 Å². The third kappa shape index (κ3) is 3.69. The van der Waals surface area contributed by atoms with Crippen LogP contribution in [-0.4, -0.2) is 33.8 Å². The molecular formula is C12H12ClN5O3. The van der Waals surface area contributed by atoms with Crippen LogP contribution < -0.4 is 11.1 Å². The molecule has 0 saturated heterocycles. The van der Waals surface area contributed by atoms with E-state index in [9.17, 15) is 9.59 Å². The summed E-state index contributed by atoms with van der Waals surface area (Å²) in [6.07, 6.45) is 1.26. The normalized spacial score (nSPS) is 10.2. The number of rotatable bonds is 4. The molecule has 1 heterocycles. The van der Waals surface area contributed by atoms with E-state index in [1.807, 2.05) is 0 Å². The molecule has 0 bridgehead atoms. The fourth-order valence-electron chi connectivity index (χ4n) is 1.53. The summed E-state index contributed by atoms with van der Waals surface area (Å²) >= 11 is 5.94. The van der Waals surface area contributed by atoms with Gasteiger partial charge in [-0.25, -0.2) is 14.5 Å². The maximum Gasteiger partial charge on any atom is 0.377 e. The average Bonchev–Trinajstić information content (AvgIpc) is 2.90. The minimum Gasteiger partial charge on any atom is -0.463 e. The number of anilines is 2. The number of amides is 1. The van der Waals surface area contributed by atoms with E-state index in [1.54, 1.807) is 18.2 Å². The highest BCUT2D eigenvalue weighted by molar-refractivity contribution is 6.33. The molecule has 0 atom stereocenters. The van der Waals surface area contributed by atoms with Crippen molar-refractivity contribution >= 4 is 34.9 Å². The number of nitrogen functional groups attached to an aromatic ring is 1. The van der Waals surface area contributed by atoms with Gasteiger partial charge in [0.2, 0.25) is 5.91 Å². The van der Waals surface area contributed by atoms with Crippen molar-refractivity contribution in [2.75, 3.05) is 18.2 Å². The quantitative estimate of drug-likeness (QED) is 0.642. The maximum atomic E-state index is 11.9. The molecule has 110 valence electrons. The molecule has 0 spiro atoms. The number of nitrogens with one attached hydrogen (secondary N) is 1. The van der Waals surface area contributed by atoms with E-state index < -0.39 is 5.97 Å². The van der Waals surface area contributed by atoms with Gasteiger partial charge in [0.25, 0.3) is 5.82 Å². The number of hydrogen-bond donors (Lipinski definition) is 2. The molecule has 1 aromatic carbocycles. The molecule has 0 unspecified atom stereocenters. The Hall–Kier alpha value is -2.61. The van der Waals surface area contributed by atoms with Crippen LogP contribution in [-0.2, 0) is 16.1 Å². The average molecular weight is 310 g/mol. The number of nitrogens with zero attached hydrogens (tertiary/aromatic N) is 3. The summed E-state index contributed by atoms with van der Waals surface area (Å²) in [6, 6.07) is 4.75. The highest BCUT2D eigenvalue weighted by atomic mass is 35.5. The molecule has 0 aliphatic carbocycles. The molecule has 2 aromatic rings. The van der Waals surface area contributed by atoms with Crippen molar-refractivity contribution in [3.63, 3.8) is 0 Å². The summed E-state index contributed by atoms with van der Waals surface area (Å²) < 4.78 is 5.68. The van der Waals surface area contributed by atoms with E-state index in [1.165, 1.54) is 18.1 Å². The molecule has 0 radical (unpaired) electrons. The molecule has 21 heavy (non-hydrogen) atoms. The van der Waals surface area contributed by atoms with Crippen molar-refractivity contribution < 1.29 is 14.3 Å². The molecule has 0 saturated carbocycles. The van der Waals surface area contributed by atoms with Gasteiger partial charge in [0.05, 0.1) is 17.8 Å². The van der Waals surface area contributed by atoms with Crippen LogP contribution in [0, 0.1) is 0 Å². The number of carbonyl (C=O) groups is 2. The smallest absolute Gasteiger partial charge is 0.377 e. The maximum absolute atomic E-state index is 11.9. The van der Waals surface area contributed by atoms with Crippen molar-refractivity contribution in [1.29, 1.82) is 0 Å². The van der Waals surface area contributed by atoms with Gasteiger partial charge >= 0.3 is 5.97 Å². The van der Waals surface area contributed by atoms with E-state index >= 15 is 0 Å². The van der Waals surface area contributed by atoms with E-state index in [0.717, 1.165) is 0 Å². The first kappa shape index (κ1) is 14.8. The summed E-state index contributed by atoms with van der Waals surface area (Å²) in [7, 11) is 1.22. The minimum atomic E-state index is -0.673. The van der Waals surface area contributed by atoms with Crippen molar-refractivity contribution in [2.45, 2.75) is 6.54 Å². The molecular weight excluding hydrogens is 298 g/mol. The number of benzene rings is 1. The number of esters is 1. The van der Waals surface area contributed by atoms with Crippen molar-refractivity contribution in [3.05, 3.63) is 35.4 Å². The van der Waals surface area contributed by atoms with Crippen molar-refractivity contribution in [1.82, 2.24) is 14.8 Å². The lowest BCUT2D eigenvalue weighted by molar-refractivity contribution is -0.116. The second kappa shape index (κ2) is 6.23. The zero-order chi connectivity index (χ0) is 15.4. The predicted octanol–water partition coefficient (Wildman–Crippen LogP) is 0.939. The van der Waals surface area contributed by atoms with Crippen LogP contribution in [0.3, 0.4) is 0 Å². The molecule has 0 aliphatic rings. The number of nitrogens with two attached hydrogens (primary N) is 1. The SMILES string of the molecule is COC(=O)c1ncn(CC(=O)Nc2cc(N)ccc2Cl)n1. The monoisotopic (exact) mass is 309 g/mol. The molecule has 1 aromatic heterocycles. The van der Waals surface area contributed by atoms with Crippen LogP contribution in [0.25, 0.3) is 0 Å². The lowest BCUT2D eigenvalue weighted by Gasteiger charge is -2.07. The summed E-state index contributed by atoms with van der Waals surface area (Å²) in [5, 5.41) is 6.78. The number of halogens is 1. The van der Waals surface area contributed by atoms with E-state index in [4.69, 9.17) is 17.3 Å². The van der Waals surface area contributed by atoms with Gasteiger partial charge in [-0.3, -0.25) is 4.79 Å². The molecule has 3 N–H and O–H groups in total. The Morgan fingerprint density at radius 3 is 2.95 bits per heavy atom. The molecule has 1 amide bonds. The van der Waals surface area contributed by atoms with Crippen LogP contribution in [0.4, 0.5) is 11.4 Å². The first-order valence-electron chi connectivity index (χ1n) is 5.82. The summed E-state index contributed by atoms with van der Waals surface area (Å²) in [5.74, 6) is -1.18. The molecule has 0 fully saturated rings. The van der Waals surface area contributed by atoms with Crippen LogP contribution in [0.1, 0.15) is 10.6 Å². The minimum absolute atomic E-state index is 0.118. The Labute approximate surface area is 124 Å². The Kier molecular flexibility index (Phi) is 4.39. The van der Waals surface area contributed by atoms with E-state index in [-0.39, 0.29) is 18.3 Å². The van der Waals surface area contributed by atoms with Crippen LogP contribution in [0.2, 0.25) is 5.02 Å². The largest absolute Gasteiger partial charge is 0.463 e. The third-order valence-electron chi connectivity index (χ3n) is 2.47. The number of ether oxygens (including phenoxy) is 1. The summed E-state index contributed by atoms with van der Waals surface area (Å²) in [4.78, 5) is 26.8. The van der Waals surface area contributed by atoms with Crippen LogP contribution >= 0.6 is 11.6 Å². The fraction of sp³-hybridized carbons (Fsp3) is 0.167. The van der Waals surface area contributed by atoms with Crippen LogP contribution in [0.5, 0.6) is 0 Å². The van der Waals surface area contributed by atoms with E-state index in [2.05, 4.69) is 20.1 Å². The second-order valence-electron chi connectivity index (χ2n) is 4.04. The zero-order valence-electron chi connectivity index (χ0n) is 11.0. The van der Waals surface area contributed by atoms with Crippen LogP contribution in [0.15, 0.2) is 24.5 Å². The standard InChI is InChI=1S/C12H12ClN5O3/c1-21-12(20)11-15-6-18(17-11)5-10(19)16-9-4-7(14)2-3-8(9)13/h2-4,6H,5,14H2,1H3,(H,16,19). The number of methoxy groups -OCH3 is 1. The number of carbonyl (C=O) groups excluding carboxylic acids is 2. The highest BCUT2D eigenvalue weighted by Crippen LogP contribution is 2.23. The Morgan fingerprint density at radius 2 is 2.24 bits per heavy atom. The topological polar surface area (TPSA) is 112 Å². The van der Waals surface area contributed by atoms with Gasteiger partial charge in [0.15, 0.2) is 0 Å². The number of aromatic nitrogens is 3. The first-order chi connectivity index (χ1) is 9.99. The van der Waals surface area contributed by atoms with Gasteiger partial charge in [-0.2, -0.15) is 0 Å². The Morgan fingerprint density at radius 1 is 1.48 bits per heavy atom. The second-order valence-corrected chi connectivity index (χ2v) is 4.45. The molecule has 0 aliphatic heterocycles. The molecule has 8 nitrogen and oxygen atoms in total. The first-order valence-corrected chi connectivity index (χ1v) is 6.20. The predicted molar refractivity (Wildman–Crippen MR) is 75.9 cm³/mol. The van der Waals surface area contributed by atoms with Crippen molar-refractivity contribution in [2.24, 2.45) is 0 Å². The Balaban J connectivity index is 2.03. The molecule has 2 rings (SSSR count). The van der Waals surface area contributed by atoms with E-state index in [0.29, 0.717) is 16.4 Å². The van der Waals surface area contributed by atoms with Gasteiger partial charge < -0.3 is 15.8 Å². The van der Waals surface area contributed by atoms with Gasteiger partial charge in [-0.15, -0.1) is 5.10 Å². The van der Waals surface area contributed by atoms with Crippen molar-refractivity contribution in [3.8, 4) is 0 Å². The summed E-state index contributed by atoms with van der Waals surface area (Å²) in [6.45, 7) is -0.130. The molecule has 9 heteroatoms. The summed E-state index contributed by atoms with van der Waals surface area (Å²) in [5.41, 5.74) is 6.49.